The maximum atomic E-state index is 12.0. The summed E-state index contributed by atoms with van der Waals surface area (Å²) in [6.07, 6.45) is 4.31. The molecule has 1 fully saturated rings. The molecule has 1 heterocycles. The van der Waals surface area contributed by atoms with Crippen LogP contribution in [-0.2, 0) is 16.6 Å². The number of rotatable bonds is 6. The highest BCUT2D eigenvalue weighted by Gasteiger charge is 2.17. The first-order chi connectivity index (χ1) is 14.5. The summed E-state index contributed by atoms with van der Waals surface area (Å²) >= 11 is 0. The van der Waals surface area contributed by atoms with Crippen LogP contribution >= 0.6 is 24.0 Å². The van der Waals surface area contributed by atoms with Crippen molar-refractivity contribution in [3.8, 4) is 0 Å². The van der Waals surface area contributed by atoms with E-state index in [0.717, 1.165) is 44.0 Å². The second-order valence-corrected chi connectivity index (χ2v) is 9.11. The summed E-state index contributed by atoms with van der Waals surface area (Å²) in [6, 6.07) is 17.4. The molecular formula is C23H31IN4O2S. The van der Waals surface area contributed by atoms with E-state index in [1.54, 1.807) is 18.2 Å². The zero-order valence-corrected chi connectivity index (χ0v) is 21.2. The van der Waals surface area contributed by atoms with Crippen molar-refractivity contribution < 1.29 is 8.42 Å². The average molecular weight is 554 g/mol. The Morgan fingerprint density at radius 2 is 1.81 bits per heavy atom. The maximum absolute atomic E-state index is 12.0. The third-order valence-electron chi connectivity index (χ3n) is 5.10. The highest BCUT2D eigenvalue weighted by Crippen LogP contribution is 2.20. The third kappa shape index (κ3) is 7.33. The van der Waals surface area contributed by atoms with Gasteiger partial charge < -0.3 is 10.2 Å². The van der Waals surface area contributed by atoms with E-state index < -0.39 is 10.0 Å². The van der Waals surface area contributed by atoms with E-state index in [-0.39, 0.29) is 28.9 Å². The predicted octanol–water partition coefficient (Wildman–Crippen LogP) is 3.86. The molecule has 0 saturated carbocycles. The van der Waals surface area contributed by atoms with Crippen LogP contribution < -0.4 is 10.0 Å². The Bertz CT molecular complexity index is 997. The number of hydrogen-bond acceptors (Lipinski definition) is 3. The molecule has 2 N–H and O–H groups in total. The minimum atomic E-state index is -3.45. The Balaban J connectivity index is 0.00000341. The lowest BCUT2D eigenvalue weighted by Gasteiger charge is -2.31. The van der Waals surface area contributed by atoms with Gasteiger partial charge in [-0.1, -0.05) is 54.1 Å². The van der Waals surface area contributed by atoms with Gasteiger partial charge in [0, 0.05) is 19.6 Å². The van der Waals surface area contributed by atoms with E-state index in [4.69, 9.17) is 4.99 Å². The van der Waals surface area contributed by atoms with Crippen molar-refractivity contribution in [3.63, 3.8) is 0 Å². The highest BCUT2D eigenvalue weighted by atomic mass is 127. The lowest BCUT2D eigenvalue weighted by molar-refractivity contribution is 0.375. The van der Waals surface area contributed by atoms with Gasteiger partial charge in [0.1, 0.15) is 0 Å². The summed E-state index contributed by atoms with van der Waals surface area (Å²) in [7, 11) is -2.04. The van der Waals surface area contributed by atoms with Gasteiger partial charge in [-0.25, -0.2) is 18.1 Å². The minimum Gasteiger partial charge on any atom is -0.357 e. The van der Waals surface area contributed by atoms with E-state index >= 15 is 0 Å². The first kappa shape index (κ1) is 25.4. The molecule has 8 heteroatoms. The van der Waals surface area contributed by atoms with E-state index in [0.29, 0.717) is 6.54 Å². The first-order valence-corrected chi connectivity index (χ1v) is 11.8. The van der Waals surface area contributed by atoms with Gasteiger partial charge in [-0.05, 0) is 50.1 Å². The van der Waals surface area contributed by atoms with Crippen LogP contribution in [-0.4, -0.2) is 46.0 Å². The molecule has 0 unspecified atom stereocenters. The lowest BCUT2D eigenvalue weighted by Crippen LogP contribution is -2.44. The lowest BCUT2D eigenvalue weighted by atomic mass is 10.0. The summed E-state index contributed by atoms with van der Waals surface area (Å²) in [5, 5.41) is 3.37. The normalized spacial score (nSPS) is 14.7. The molecule has 1 aliphatic heterocycles. The Morgan fingerprint density at radius 3 is 2.45 bits per heavy atom. The van der Waals surface area contributed by atoms with Gasteiger partial charge in [0.2, 0.25) is 10.0 Å². The Labute approximate surface area is 202 Å². The fourth-order valence-corrected chi connectivity index (χ4v) is 4.26. The number of sulfonamides is 1. The molecule has 0 aromatic heterocycles. The van der Waals surface area contributed by atoms with Crippen molar-refractivity contribution in [2.75, 3.05) is 26.7 Å². The van der Waals surface area contributed by atoms with E-state index in [1.165, 1.54) is 18.2 Å². The van der Waals surface area contributed by atoms with Crippen molar-refractivity contribution in [2.45, 2.75) is 31.2 Å². The zero-order chi connectivity index (χ0) is 21.4. The Kier molecular flexibility index (Phi) is 9.98. The van der Waals surface area contributed by atoms with E-state index in [1.807, 2.05) is 12.1 Å². The molecule has 0 amide bonds. The number of likely N-dealkylation sites (tertiary alicyclic amines) is 1. The smallest absolute Gasteiger partial charge is 0.240 e. The molecular weight excluding hydrogens is 523 g/mol. The van der Waals surface area contributed by atoms with Gasteiger partial charge in [-0.15, -0.1) is 24.0 Å². The molecule has 168 valence electrons. The van der Waals surface area contributed by atoms with Crippen molar-refractivity contribution in [2.24, 2.45) is 4.99 Å². The summed E-state index contributed by atoms with van der Waals surface area (Å²) in [5.41, 5.74) is 3.57. The quantitative estimate of drug-likeness (QED) is 0.323. The number of hydrogen-bond donors (Lipinski definition) is 2. The Hall–Kier alpha value is -1.91. The molecule has 3 rings (SSSR count). The molecule has 1 saturated heterocycles. The standard InChI is InChI=1S/C23H30N4O2S.HI/c1-3-25-23(26-18-21-10-7-11-22(17-21)30(28,29)24-2)27-14-12-20(13-15-27)16-19-8-5-4-6-9-19;/h4-11,16-17,24H,3,12-15,18H2,1-2H3,(H,25,26);1H. The molecule has 0 aliphatic carbocycles. The maximum Gasteiger partial charge on any atom is 0.240 e. The van der Waals surface area contributed by atoms with Crippen molar-refractivity contribution in [1.82, 2.24) is 14.9 Å². The second-order valence-electron chi connectivity index (χ2n) is 7.23. The van der Waals surface area contributed by atoms with Gasteiger partial charge in [-0.3, -0.25) is 0 Å². The van der Waals surface area contributed by atoms with Gasteiger partial charge in [-0.2, -0.15) is 0 Å². The Morgan fingerprint density at radius 1 is 1.10 bits per heavy atom. The van der Waals surface area contributed by atoms with Gasteiger partial charge >= 0.3 is 0 Å². The van der Waals surface area contributed by atoms with Crippen LogP contribution in [0.15, 0.2) is 70.1 Å². The first-order valence-electron chi connectivity index (χ1n) is 10.3. The van der Waals surface area contributed by atoms with Crippen molar-refractivity contribution in [1.29, 1.82) is 0 Å². The van der Waals surface area contributed by atoms with Crippen LogP contribution in [0.4, 0.5) is 0 Å². The molecule has 0 spiro atoms. The molecule has 0 bridgehead atoms. The van der Waals surface area contributed by atoms with Crippen LogP contribution in [0.2, 0.25) is 0 Å². The summed E-state index contributed by atoms with van der Waals surface area (Å²) in [4.78, 5) is 7.30. The molecule has 6 nitrogen and oxygen atoms in total. The van der Waals surface area contributed by atoms with Crippen LogP contribution in [0.25, 0.3) is 6.08 Å². The number of aliphatic imine (C=N–C) groups is 1. The topological polar surface area (TPSA) is 73.8 Å². The van der Waals surface area contributed by atoms with Crippen LogP contribution in [0.1, 0.15) is 30.9 Å². The minimum absolute atomic E-state index is 0. The molecule has 2 aromatic rings. The predicted molar refractivity (Wildman–Crippen MR) is 138 cm³/mol. The van der Waals surface area contributed by atoms with Crippen LogP contribution in [0.5, 0.6) is 0 Å². The molecule has 1 aliphatic rings. The van der Waals surface area contributed by atoms with E-state index in [9.17, 15) is 8.42 Å². The molecule has 0 radical (unpaired) electrons. The SMILES string of the molecule is CCNC(=NCc1cccc(S(=O)(=O)NC)c1)N1CCC(=Cc2ccccc2)CC1.I. The number of benzene rings is 2. The van der Waals surface area contributed by atoms with Crippen LogP contribution in [0.3, 0.4) is 0 Å². The summed E-state index contributed by atoms with van der Waals surface area (Å²) in [5.74, 6) is 0.873. The van der Waals surface area contributed by atoms with Gasteiger partial charge in [0.05, 0.1) is 11.4 Å². The number of piperidine rings is 1. The summed E-state index contributed by atoms with van der Waals surface area (Å²) < 4.78 is 26.4. The number of halogens is 1. The van der Waals surface area contributed by atoms with Gasteiger partial charge in [0.15, 0.2) is 5.96 Å². The average Bonchev–Trinajstić information content (AvgIpc) is 2.78. The number of nitrogens with zero attached hydrogens (tertiary/aromatic N) is 2. The second kappa shape index (κ2) is 12.2. The van der Waals surface area contributed by atoms with Crippen molar-refractivity contribution in [3.05, 3.63) is 71.3 Å². The highest BCUT2D eigenvalue weighted by molar-refractivity contribution is 14.0. The van der Waals surface area contributed by atoms with Crippen molar-refractivity contribution >= 4 is 46.0 Å². The van der Waals surface area contributed by atoms with Crippen LogP contribution in [0, 0.1) is 0 Å². The molecule has 0 atom stereocenters. The molecule has 2 aromatic carbocycles. The number of nitrogens with one attached hydrogen (secondary N) is 2. The largest absolute Gasteiger partial charge is 0.357 e. The zero-order valence-electron chi connectivity index (χ0n) is 18.0. The van der Waals surface area contributed by atoms with Gasteiger partial charge in [0.25, 0.3) is 0 Å². The molecule has 31 heavy (non-hydrogen) atoms. The van der Waals surface area contributed by atoms with E-state index in [2.05, 4.69) is 52.2 Å². The number of guanidine groups is 1. The third-order valence-corrected chi connectivity index (χ3v) is 6.51. The monoisotopic (exact) mass is 554 g/mol. The fraction of sp³-hybridized carbons (Fsp3) is 0.348. The summed E-state index contributed by atoms with van der Waals surface area (Å²) in [6.45, 7) is 5.10. The fourth-order valence-electron chi connectivity index (χ4n) is 3.46.